The van der Waals surface area contributed by atoms with Crippen LogP contribution in [0, 0.1) is 0 Å². The van der Waals surface area contributed by atoms with Crippen molar-refractivity contribution < 1.29 is 4.42 Å². The molecule has 3 aromatic rings. The van der Waals surface area contributed by atoms with Gasteiger partial charge in [0.25, 0.3) is 0 Å². The van der Waals surface area contributed by atoms with Gasteiger partial charge in [0.15, 0.2) is 5.82 Å². The van der Waals surface area contributed by atoms with E-state index in [1.54, 1.807) is 6.26 Å². The summed E-state index contributed by atoms with van der Waals surface area (Å²) in [6.07, 6.45) is 3.78. The Morgan fingerprint density at radius 1 is 1.14 bits per heavy atom. The first-order chi connectivity index (χ1) is 13.7. The molecule has 8 heteroatoms. The Kier molecular flexibility index (Phi) is 5.92. The van der Waals surface area contributed by atoms with E-state index in [9.17, 15) is 0 Å². The molecule has 0 radical (unpaired) electrons. The van der Waals surface area contributed by atoms with Gasteiger partial charge >= 0.3 is 0 Å². The minimum atomic E-state index is 0.205. The lowest BCUT2D eigenvalue weighted by Crippen LogP contribution is -2.48. The third-order valence-corrected chi connectivity index (χ3v) is 5.47. The van der Waals surface area contributed by atoms with Crippen molar-refractivity contribution in [2.24, 2.45) is 0 Å². The largest absolute Gasteiger partial charge is 0.467 e. The molecule has 0 N–H and O–H groups in total. The molecule has 0 unspecified atom stereocenters. The highest BCUT2D eigenvalue weighted by atomic mass is 35.5. The topological polar surface area (TPSA) is 63.2 Å². The number of nitrogens with zero attached hydrogens (tertiary/aromatic N) is 6. The maximum atomic E-state index is 6.16. The van der Waals surface area contributed by atoms with Crippen LogP contribution in [0.4, 0.5) is 5.69 Å². The van der Waals surface area contributed by atoms with Gasteiger partial charge in [0, 0.05) is 36.9 Å². The van der Waals surface area contributed by atoms with E-state index in [1.807, 2.05) is 35.0 Å². The Morgan fingerprint density at radius 3 is 2.71 bits per heavy atom. The first-order valence-corrected chi connectivity index (χ1v) is 10.2. The van der Waals surface area contributed by atoms with Gasteiger partial charge in [-0.05, 0) is 47.2 Å². The maximum absolute atomic E-state index is 6.16. The number of furan rings is 1. The zero-order valence-electron chi connectivity index (χ0n) is 16.0. The van der Waals surface area contributed by atoms with Gasteiger partial charge < -0.3 is 9.32 Å². The molecule has 28 heavy (non-hydrogen) atoms. The van der Waals surface area contributed by atoms with Gasteiger partial charge in [-0.1, -0.05) is 31.0 Å². The molecule has 1 aliphatic rings. The number of aromatic nitrogens is 4. The van der Waals surface area contributed by atoms with Crippen LogP contribution in [-0.4, -0.2) is 51.3 Å². The third kappa shape index (κ3) is 4.20. The smallest absolute Gasteiger partial charge is 0.168 e. The van der Waals surface area contributed by atoms with Gasteiger partial charge in [0.05, 0.1) is 12.3 Å². The summed E-state index contributed by atoms with van der Waals surface area (Å²) in [5.74, 6) is 1.77. The number of piperazine rings is 1. The highest BCUT2D eigenvalue weighted by Crippen LogP contribution is 2.27. The summed E-state index contributed by atoms with van der Waals surface area (Å²) in [5.41, 5.74) is 1.18. The highest BCUT2D eigenvalue weighted by molar-refractivity contribution is 6.30. The van der Waals surface area contributed by atoms with Crippen LogP contribution in [0.3, 0.4) is 0 Å². The molecule has 1 aromatic carbocycles. The number of rotatable bonds is 7. The summed E-state index contributed by atoms with van der Waals surface area (Å²) < 4.78 is 7.34. The first kappa shape index (κ1) is 19.0. The minimum absolute atomic E-state index is 0.205. The van der Waals surface area contributed by atoms with E-state index in [4.69, 9.17) is 16.0 Å². The Labute approximate surface area is 169 Å². The summed E-state index contributed by atoms with van der Waals surface area (Å²) in [5, 5.41) is 13.3. The van der Waals surface area contributed by atoms with Crippen molar-refractivity contribution in [2.45, 2.75) is 32.4 Å². The molecule has 3 heterocycles. The Bertz CT molecular complexity index is 872. The lowest BCUT2D eigenvalue weighted by atomic mass is 10.1. The van der Waals surface area contributed by atoms with Crippen molar-refractivity contribution in [3.8, 4) is 0 Å². The summed E-state index contributed by atoms with van der Waals surface area (Å²) in [7, 11) is 0. The number of benzene rings is 1. The lowest BCUT2D eigenvalue weighted by Gasteiger charge is -2.39. The van der Waals surface area contributed by atoms with Crippen molar-refractivity contribution in [2.75, 3.05) is 31.1 Å². The minimum Gasteiger partial charge on any atom is -0.467 e. The van der Waals surface area contributed by atoms with E-state index in [0.29, 0.717) is 6.54 Å². The number of hydrogen-bond acceptors (Lipinski definition) is 6. The fraction of sp³-hybridized carbons (Fsp3) is 0.450. The van der Waals surface area contributed by atoms with Crippen LogP contribution >= 0.6 is 11.6 Å². The van der Waals surface area contributed by atoms with Crippen molar-refractivity contribution in [3.05, 3.63) is 59.3 Å². The quantitative estimate of drug-likeness (QED) is 0.603. The van der Waals surface area contributed by atoms with Gasteiger partial charge in [-0.15, -0.1) is 5.10 Å². The molecular weight excluding hydrogens is 376 g/mol. The molecule has 4 rings (SSSR count). The number of hydrogen-bond donors (Lipinski definition) is 0. The van der Waals surface area contributed by atoms with Crippen LogP contribution in [-0.2, 0) is 6.54 Å². The van der Waals surface area contributed by atoms with Crippen molar-refractivity contribution in [1.82, 2.24) is 25.1 Å². The molecular formula is C20H25ClN6O. The van der Waals surface area contributed by atoms with Gasteiger partial charge in [-0.3, -0.25) is 4.90 Å². The predicted molar refractivity (Wildman–Crippen MR) is 109 cm³/mol. The van der Waals surface area contributed by atoms with Gasteiger partial charge in [-0.2, -0.15) is 0 Å². The Hall–Kier alpha value is -2.38. The van der Waals surface area contributed by atoms with Gasteiger partial charge in [-0.25, -0.2) is 4.68 Å². The van der Waals surface area contributed by atoms with Crippen LogP contribution in [0.25, 0.3) is 0 Å². The summed E-state index contributed by atoms with van der Waals surface area (Å²) in [6, 6.07) is 12.1. The normalized spacial score (nSPS) is 16.4. The number of halogens is 1. The zero-order valence-corrected chi connectivity index (χ0v) is 16.8. The van der Waals surface area contributed by atoms with Crippen LogP contribution in [0.1, 0.15) is 37.4 Å². The second-order valence-electron chi connectivity index (χ2n) is 7.08. The van der Waals surface area contributed by atoms with E-state index in [0.717, 1.165) is 55.6 Å². The Morgan fingerprint density at radius 2 is 2.00 bits per heavy atom. The molecule has 1 aliphatic heterocycles. The van der Waals surface area contributed by atoms with Crippen LogP contribution in [0.2, 0.25) is 5.02 Å². The van der Waals surface area contributed by atoms with Crippen LogP contribution in [0.15, 0.2) is 47.1 Å². The molecule has 1 atom stereocenters. The molecule has 0 amide bonds. The van der Waals surface area contributed by atoms with E-state index < -0.39 is 0 Å². The third-order valence-electron chi connectivity index (χ3n) is 5.23. The molecule has 2 aromatic heterocycles. The van der Waals surface area contributed by atoms with Crippen molar-refractivity contribution in [3.63, 3.8) is 0 Å². The molecule has 1 saturated heterocycles. The molecule has 1 fully saturated rings. The SMILES string of the molecule is CCC[C@H](c1nnnn1Cc1ccco1)N1CCN(c2cccc(Cl)c2)CC1. The molecule has 0 aliphatic carbocycles. The second-order valence-corrected chi connectivity index (χ2v) is 7.52. The van der Waals surface area contributed by atoms with E-state index in [1.165, 1.54) is 5.69 Å². The monoisotopic (exact) mass is 400 g/mol. The molecule has 0 saturated carbocycles. The second kappa shape index (κ2) is 8.75. The fourth-order valence-corrected chi connectivity index (χ4v) is 4.01. The van der Waals surface area contributed by atoms with Gasteiger partial charge in [0.2, 0.25) is 0 Å². The molecule has 0 bridgehead atoms. The van der Waals surface area contributed by atoms with E-state index >= 15 is 0 Å². The average Bonchev–Trinajstić information content (AvgIpc) is 3.39. The van der Waals surface area contributed by atoms with Gasteiger partial charge in [0.1, 0.15) is 12.3 Å². The zero-order chi connectivity index (χ0) is 19.3. The summed E-state index contributed by atoms with van der Waals surface area (Å²) >= 11 is 6.16. The number of anilines is 1. The first-order valence-electron chi connectivity index (χ1n) is 9.77. The molecule has 0 spiro atoms. The predicted octanol–water partition coefficient (Wildman–Crippen LogP) is 3.63. The molecule has 148 valence electrons. The number of tetrazole rings is 1. The highest BCUT2D eigenvalue weighted by Gasteiger charge is 2.29. The molecule has 7 nitrogen and oxygen atoms in total. The standard InChI is InChI=1S/C20H25ClN6O/c1-2-5-19(20-22-23-24-27(20)15-18-8-4-13-28-18)26-11-9-25(10-12-26)17-7-3-6-16(21)14-17/h3-4,6-8,13-14,19H,2,5,9-12,15H2,1H3/t19-/m1/s1. The Balaban J connectivity index is 1.47. The van der Waals surface area contributed by atoms with Crippen molar-refractivity contribution >= 4 is 17.3 Å². The maximum Gasteiger partial charge on any atom is 0.168 e. The fourth-order valence-electron chi connectivity index (χ4n) is 3.83. The van der Waals surface area contributed by atoms with E-state index in [-0.39, 0.29) is 6.04 Å². The van der Waals surface area contributed by atoms with Crippen molar-refractivity contribution in [1.29, 1.82) is 0 Å². The average molecular weight is 401 g/mol. The van der Waals surface area contributed by atoms with E-state index in [2.05, 4.69) is 38.3 Å². The van der Waals surface area contributed by atoms with Crippen LogP contribution in [0.5, 0.6) is 0 Å². The van der Waals surface area contributed by atoms with Crippen LogP contribution < -0.4 is 4.90 Å². The lowest BCUT2D eigenvalue weighted by molar-refractivity contribution is 0.164. The summed E-state index contributed by atoms with van der Waals surface area (Å²) in [4.78, 5) is 4.88. The summed E-state index contributed by atoms with van der Waals surface area (Å²) in [6.45, 7) is 6.60.